The van der Waals surface area contributed by atoms with Gasteiger partial charge < -0.3 is 5.11 Å². The number of hydrogen-bond acceptors (Lipinski definition) is 3. The van der Waals surface area contributed by atoms with Crippen molar-refractivity contribution in [2.75, 3.05) is 5.75 Å². The average Bonchev–Trinajstić information content (AvgIpc) is 2.06. The van der Waals surface area contributed by atoms with Crippen molar-refractivity contribution < 1.29 is 5.11 Å². The van der Waals surface area contributed by atoms with E-state index in [9.17, 15) is 5.11 Å². The maximum Gasteiger partial charge on any atom is 0.0931 e. The minimum atomic E-state index is -0.467. The lowest BCUT2D eigenvalue weighted by Crippen LogP contribution is -1.94. The molecule has 0 aliphatic carbocycles. The molecule has 1 N–H and O–H groups in total. The zero-order chi connectivity index (χ0) is 8.97. The van der Waals surface area contributed by atoms with Gasteiger partial charge in [0.2, 0.25) is 0 Å². The Kier molecular flexibility index (Phi) is 3.56. The molecule has 1 aromatic rings. The molecule has 1 aromatic heterocycles. The Morgan fingerprint density at radius 3 is 2.75 bits per heavy atom. The van der Waals surface area contributed by atoms with Gasteiger partial charge in [0, 0.05) is 11.1 Å². The lowest BCUT2D eigenvalue weighted by atomic mass is 10.2. The Balaban J connectivity index is 2.71. The predicted molar refractivity (Wildman–Crippen MR) is 51.3 cm³/mol. The molecule has 66 valence electrons. The molecule has 0 unspecified atom stereocenters. The minimum absolute atomic E-state index is 0.467. The normalized spacial score (nSPS) is 12.9. The first-order valence-corrected chi connectivity index (χ1v) is 4.99. The molecule has 0 saturated heterocycles. The molecule has 0 radical (unpaired) electrons. The van der Waals surface area contributed by atoms with Gasteiger partial charge in [-0.1, -0.05) is 6.92 Å². The van der Waals surface area contributed by atoms with E-state index in [4.69, 9.17) is 0 Å². The third-order valence-corrected chi connectivity index (χ3v) is 2.36. The lowest BCUT2D eigenvalue weighted by Gasteiger charge is -2.03. The standard InChI is InChI=1S/C9H13NOS/c1-3-12-8-4-5-9(7(2)11)10-6-8/h4-7,11H,3H2,1-2H3/t7-/m1/s1. The van der Waals surface area contributed by atoms with Gasteiger partial charge in [0.1, 0.15) is 0 Å². The van der Waals surface area contributed by atoms with E-state index < -0.39 is 6.10 Å². The highest BCUT2D eigenvalue weighted by molar-refractivity contribution is 7.99. The van der Waals surface area contributed by atoms with Crippen molar-refractivity contribution in [3.8, 4) is 0 Å². The van der Waals surface area contributed by atoms with Crippen LogP contribution in [0, 0.1) is 0 Å². The quantitative estimate of drug-likeness (QED) is 0.730. The van der Waals surface area contributed by atoms with Crippen LogP contribution in [0.2, 0.25) is 0 Å². The number of aliphatic hydroxyl groups is 1. The molecule has 0 aliphatic rings. The van der Waals surface area contributed by atoms with Crippen LogP contribution in [0.25, 0.3) is 0 Å². The Morgan fingerprint density at radius 1 is 1.58 bits per heavy atom. The fourth-order valence-electron chi connectivity index (χ4n) is 0.891. The highest BCUT2D eigenvalue weighted by atomic mass is 32.2. The van der Waals surface area contributed by atoms with Gasteiger partial charge in [0.15, 0.2) is 0 Å². The molecule has 1 atom stereocenters. The molecule has 0 aromatic carbocycles. The summed E-state index contributed by atoms with van der Waals surface area (Å²) >= 11 is 1.75. The number of rotatable bonds is 3. The van der Waals surface area contributed by atoms with E-state index in [-0.39, 0.29) is 0 Å². The van der Waals surface area contributed by atoms with Crippen molar-refractivity contribution in [3.05, 3.63) is 24.0 Å². The largest absolute Gasteiger partial charge is 0.387 e. The first kappa shape index (κ1) is 9.55. The molecular weight excluding hydrogens is 170 g/mol. The monoisotopic (exact) mass is 183 g/mol. The van der Waals surface area contributed by atoms with Crippen LogP contribution in [0.1, 0.15) is 25.6 Å². The van der Waals surface area contributed by atoms with Crippen LogP contribution >= 0.6 is 11.8 Å². The van der Waals surface area contributed by atoms with Gasteiger partial charge in [-0.3, -0.25) is 4.98 Å². The second-order valence-electron chi connectivity index (χ2n) is 2.53. The van der Waals surface area contributed by atoms with E-state index in [1.165, 1.54) is 0 Å². The Morgan fingerprint density at radius 2 is 2.33 bits per heavy atom. The fourth-order valence-corrected chi connectivity index (χ4v) is 1.52. The Hall–Kier alpha value is -0.540. The van der Waals surface area contributed by atoms with Crippen LogP contribution in [0.4, 0.5) is 0 Å². The van der Waals surface area contributed by atoms with E-state index >= 15 is 0 Å². The van der Waals surface area contributed by atoms with Crippen molar-refractivity contribution in [2.45, 2.75) is 24.8 Å². The fraction of sp³-hybridized carbons (Fsp3) is 0.444. The maximum atomic E-state index is 9.18. The molecule has 0 aliphatic heterocycles. The maximum absolute atomic E-state index is 9.18. The van der Waals surface area contributed by atoms with E-state index in [2.05, 4.69) is 11.9 Å². The van der Waals surface area contributed by atoms with Gasteiger partial charge >= 0.3 is 0 Å². The number of nitrogens with zero attached hydrogens (tertiary/aromatic N) is 1. The molecule has 0 spiro atoms. The molecule has 0 saturated carbocycles. The first-order chi connectivity index (χ1) is 5.74. The van der Waals surface area contributed by atoms with Gasteiger partial charge in [-0.15, -0.1) is 11.8 Å². The van der Waals surface area contributed by atoms with Crippen molar-refractivity contribution in [2.24, 2.45) is 0 Å². The molecule has 1 rings (SSSR count). The summed E-state index contributed by atoms with van der Waals surface area (Å²) in [6.07, 6.45) is 1.33. The Bertz CT molecular complexity index is 233. The molecule has 3 heteroatoms. The highest BCUT2D eigenvalue weighted by Gasteiger charge is 2.00. The van der Waals surface area contributed by atoms with Gasteiger partial charge in [-0.2, -0.15) is 0 Å². The molecule has 0 amide bonds. The summed E-state index contributed by atoms with van der Waals surface area (Å²) in [5.41, 5.74) is 0.732. The predicted octanol–water partition coefficient (Wildman–Crippen LogP) is 2.25. The van der Waals surface area contributed by atoms with Crippen molar-refractivity contribution >= 4 is 11.8 Å². The molecule has 12 heavy (non-hydrogen) atoms. The van der Waals surface area contributed by atoms with Crippen LogP contribution in [0.5, 0.6) is 0 Å². The topological polar surface area (TPSA) is 33.1 Å². The Labute approximate surface area is 77.0 Å². The smallest absolute Gasteiger partial charge is 0.0931 e. The van der Waals surface area contributed by atoms with Crippen LogP contribution in [0.15, 0.2) is 23.2 Å². The summed E-state index contributed by atoms with van der Waals surface area (Å²) < 4.78 is 0. The van der Waals surface area contributed by atoms with Crippen molar-refractivity contribution in [1.82, 2.24) is 4.98 Å². The van der Waals surface area contributed by atoms with Gasteiger partial charge in [-0.25, -0.2) is 0 Å². The SMILES string of the molecule is CCSc1ccc([C@@H](C)O)nc1. The van der Waals surface area contributed by atoms with E-state index in [0.29, 0.717) is 0 Å². The van der Waals surface area contributed by atoms with Crippen LogP contribution in [0.3, 0.4) is 0 Å². The molecular formula is C9H13NOS. The molecule has 0 bridgehead atoms. The zero-order valence-corrected chi connectivity index (χ0v) is 8.14. The first-order valence-electron chi connectivity index (χ1n) is 4.01. The average molecular weight is 183 g/mol. The van der Waals surface area contributed by atoms with Gasteiger partial charge in [0.05, 0.1) is 11.8 Å². The second-order valence-corrected chi connectivity index (χ2v) is 3.87. The summed E-state index contributed by atoms with van der Waals surface area (Å²) in [5.74, 6) is 1.05. The number of aliphatic hydroxyl groups excluding tert-OH is 1. The number of pyridine rings is 1. The second kappa shape index (κ2) is 4.48. The van der Waals surface area contributed by atoms with Crippen LogP contribution in [-0.2, 0) is 0 Å². The lowest BCUT2D eigenvalue weighted by molar-refractivity contribution is 0.194. The van der Waals surface area contributed by atoms with Crippen LogP contribution < -0.4 is 0 Å². The van der Waals surface area contributed by atoms with Crippen molar-refractivity contribution in [1.29, 1.82) is 0 Å². The third kappa shape index (κ3) is 2.50. The third-order valence-electron chi connectivity index (χ3n) is 1.50. The molecule has 2 nitrogen and oxygen atoms in total. The highest BCUT2D eigenvalue weighted by Crippen LogP contribution is 2.17. The van der Waals surface area contributed by atoms with Crippen molar-refractivity contribution in [3.63, 3.8) is 0 Å². The van der Waals surface area contributed by atoms with Gasteiger partial charge in [-0.05, 0) is 24.8 Å². The van der Waals surface area contributed by atoms with E-state index in [0.717, 1.165) is 16.3 Å². The number of aromatic nitrogens is 1. The summed E-state index contributed by atoms with van der Waals surface area (Å²) in [5, 5.41) is 9.18. The van der Waals surface area contributed by atoms with Crippen LogP contribution in [-0.4, -0.2) is 15.8 Å². The summed E-state index contributed by atoms with van der Waals surface area (Å²) in [6, 6.07) is 3.85. The minimum Gasteiger partial charge on any atom is -0.387 e. The zero-order valence-electron chi connectivity index (χ0n) is 7.32. The molecule has 0 fully saturated rings. The van der Waals surface area contributed by atoms with Gasteiger partial charge in [0.25, 0.3) is 0 Å². The number of thioether (sulfide) groups is 1. The molecule has 1 heterocycles. The number of hydrogen-bond donors (Lipinski definition) is 1. The van der Waals surface area contributed by atoms with E-state index in [1.54, 1.807) is 24.9 Å². The summed E-state index contributed by atoms with van der Waals surface area (Å²) in [4.78, 5) is 5.28. The summed E-state index contributed by atoms with van der Waals surface area (Å²) in [7, 11) is 0. The summed E-state index contributed by atoms with van der Waals surface area (Å²) in [6.45, 7) is 3.82. The van der Waals surface area contributed by atoms with E-state index in [1.807, 2.05) is 12.1 Å².